The molecule has 13 aromatic rings. The molecular formula is C64H41NS. The Morgan fingerprint density at radius 3 is 1.33 bits per heavy atom. The van der Waals surface area contributed by atoms with Crippen LogP contribution in [0.3, 0.4) is 0 Å². The summed E-state index contributed by atoms with van der Waals surface area (Å²) in [5.74, 6) is 0. The van der Waals surface area contributed by atoms with Crippen molar-refractivity contribution in [3.63, 3.8) is 0 Å². The molecule has 0 fully saturated rings. The van der Waals surface area contributed by atoms with E-state index in [1.165, 1.54) is 102 Å². The lowest BCUT2D eigenvalue weighted by molar-refractivity contribution is 1.28. The monoisotopic (exact) mass is 855 g/mol. The third kappa shape index (κ3) is 6.45. The first-order chi connectivity index (χ1) is 32.7. The molecule has 0 saturated carbocycles. The maximum absolute atomic E-state index is 2.46. The van der Waals surface area contributed by atoms with Crippen LogP contribution in [0.5, 0.6) is 0 Å². The molecule has 0 unspecified atom stereocenters. The summed E-state index contributed by atoms with van der Waals surface area (Å²) in [6, 6.07) is 91.7. The summed E-state index contributed by atoms with van der Waals surface area (Å²) < 4.78 is 2.64. The van der Waals surface area contributed by atoms with Crippen LogP contribution in [0, 0.1) is 0 Å². The van der Waals surface area contributed by atoms with Crippen molar-refractivity contribution >= 4 is 91.7 Å². The Morgan fingerprint density at radius 1 is 0.242 bits per heavy atom. The van der Waals surface area contributed by atoms with Gasteiger partial charge in [0, 0.05) is 37.1 Å². The normalized spacial score (nSPS) is 11.6. The molecule has 0 saturated heterocycles. The third-order valence-electron chi connectivity index (χ3n) is 13.4. The number of fused-ring (bicyclic) bond motifs is 9. The second-order valence-electron chi connectivity index (χ2n) is 17.2. The maximum Gasteiger partial charge on any atom is 0.0546 e. The van der Waals surface area contributed by atoms with Gasteiger partial charge in [-0.25, -0.2) is 0 Å². The van der Waals surface area contributed by atoms with E-state index >= 15 is 0 Å². The smallest absolute Gasteiger partial charge is 0.0546 e. The summed E-state index contributed by atoms with van der Waals surface area (Å²) in [4.78, 5) is 2.46. The summed E-state index contributed by atoms with van der Waals surface area (Å²) in [5, 5.41) is 12.7. The third-order valence-corrected chi connectivity index (χ3v) is 14.6. The van der Waals surface area contributed by atoms with Gasteiger partial charge in [-0.15, -0.1) is 11.3 Å². The van der Waals surface area contributed by atoms with Crippen LogP contribution in [0.4, 0.5) is 17.1 Å². The Labute approximate surface area is 387 Å². The second kappa shape index (κ2) is 15.7. The minimum atomic E-state index is 1.08. The minimum Gasteiger partial charge on any atom is -0.310 e. The van der Waals surface area contributed by atoms with E-state index in [-0.39, 0.29) is 0 Å². The molecule has 0 bridgehead atoms. The Kier molecular flexibility index (Phi) is 9.11. The number of hydrogen-bond acceptors (Lipinski definition) is 2. The van der Waals surface area contributed by atoms with Crippen molar-refractivity contribution in [3.05, 3.63) is 249 Å². The van der Waals surface area contributed by atoms with Crippen LogP contribution in [-0.2, 0) is 0 Å². The molecular weight excluding hydrogens is 815 g/mol. The van der Waals surface area contributed by atoms with Gasteiger partial charge in [-0.1, -0.05) is 188 Å². The summed E-state index contributed by atoms with van der Waals surface area (Å²) >= 11 is 1.86. The van der Waals surface area contributed by atoms with Crippen molar-refractivity contribution in [1.82, 2.24) is 0 Å². The first kappa shape index (κ1) is 38.2. The van der Waals surface area contributed by atoms with Gasteiger partial charge >= 0.3 is 0 Å². The Balaban J connectivity index is 1.01. The molecule has 0 amide bonds. The quantitative estimate of drug-likeness (QED) is 0.144. The van der Waals surface area contributed by atoms with Crippen molar-refractivity contribution in [2.24, 2.45) is 0 Å². The minimum absolute atomic E-state index is 1.08. The number of nitrogens with zero attached hydrogens (tertiary/aromatic N) is 1. The van der Waals surface area contributed by atoms with Gasteiger partial charge in [0.25, 0.3) is 0 Å². The van der Waals surface area contributed by atoms with Gasteiger partial charge in [-0.3, -0.25) is 0 Å². The van der Waals surface area contributed by atoms with Crippen molar-refractivity contribution in [2.75, 3.05) is 4.90 Å². The summed E-state index contributed by atoms with van der Waals surface area (Å²) in [7, 11) is 0. The van der Waals surface area contributed by atoms with E-state index in [2.05, 4.69) is 254 Å². The molecule has 1 heterocycles. The Hall–Kier alpha value is -8.30. The van der Waals surface area contributed by atoms with Gasteiger partial charge in [-0.05, 0) is 143 Å². The summed E-state index contributed by atoms with van der Waals surface area (Å²) in [6.45, 7) is 0. The zero-order chi connectivity index (χ0) is 43.6. The van der Waals surface area contributed by atoms with E-state index in [0.717, 1.165) is 22.6 Å². The van der Waals surface area contributed by atoms with Crippen LogP contribution in [0.1, 0.15) is 0 Å². The highest BCUT2D eigenvalue weighted by Gasteiger charge is 2.21. The van der Waals surface area contributed by atoms with Crippen molar-refractivity contribution in [1.29, 1.82) is 0 Å². The highest BCUT2D eigenvalue weighted by atomic mass is 32.1. The number of hydrogen-bond donors (Lipinski definition) is 0. The molecule has 0 radical (unpaired) electrons. The van der Waals surface area contributed by atoms with Crippen molar-refractivity contribution < 1.29 is 0 Å². The molecule has 12 aromatic carbocycles. The van der Waals surface area contributed by atoms with Gasteiger partial charge in [0.2, 0.25) is 0 Å². The highest BCUT2D eigenvalue weighted by molar-refractivity contribution is 7.25. The zero-order valence-corrected chi connectivity index (χ0v) is 36.8. The fourth-order valence-corrected chi connectivity index (χ4v) is 11.3. The summed E-state index contributed by atoms with van der Waals surface area (Å²) in [5.41, 5.74) is 12.8. The van der Waals surface area contributed by atoms with Gasteiger partial charge < -0.3 is 4.90 Å². The standard InChI is InChI=1S/C64H41NS/c1-2-14-43(15-3-1)53-36-30-48(60-40-47-17-5-7-19-52(47)55-21-9-11-23-57(55)60)41-62(53)65(49-32-26-42(27-33-49)45-31-37-64-61(38-45)58-24-12-13-25-63(58)66-64)50-34-28-44(29-35-50)59-39-46-16-4-6-18-51(46)54-20-8-10-22-56(54)59/h1-41H. The molecule has 0 spiro atoms. The van der Waals surface area contributed by atoms with Crippen LogP contribution in [-0.4, -0.2) is 0 Å². The molecule has 0 aliphatic heterocycles. The average molecular weight is 856 g/mol. The van der Waals surface area contributed by atoms with Gasteiger partial charge in [0.15, 0.2) is 0 Å². The van der Waals surface area contributed by atoms with E-state index in [9.17, 15) is 0 Å². The predicted octanol–water partition coefficient (Wildman–Crippen LogP) is 18.8. The summed E-state index contributed by atoms with van der Waals surface area (Å²) in [6.07, 6.45) is 0. The lowest BCUT2D eigenvalue weighted by atomic mass is 9.91. The molecule has 2 heteroatoms. The van der Waals surface area contributed by atoms with Crippen LogP contribution in [0.2, 0.25) is 0 Å². The fraction of sp³-hybridized carbons (Fsp3) is 0. The molecule has 0 atom stereocenters. The largest absolute Gasteiger partial charge is 0.310 e. The molecule has 66 heavy (non-hydrogen) atoms. The second-order valence-corrected chi connectivity index (χ2v) is 18.3. The van der Waals surface area contributed by atoms with Gasteiger partial charge in [-0.2, -0.15) is 0 Å². The van der Waals surface area contributed by atoms with Crippen LogP contribution < -0.4 is 4.90 Å². The van der Waals surface area contributed by atoms with E-state index < -0.39 is 0 Å². The molecule has 13 rings (SSSR count). The molecule has 1 nitrogen and oxygen atoms in total. The molecule has 308 valence electrons. The van der Waals surface area contributed by atoms with Crippen LogP contribution >= 0.6 is 11.3 Å². The Morgan fingerprint density at radius 2 is 0.697 bits per heavy atom. The van der Waals surface area contributed by atoms with Crippen LogP contribution in [0.15, 0.2) is 249 Å². The topological polar surface area (TPSA) is 3.24 Å². The van der Waals surface area contributed by atoms with Crippen molar-refractivity contribution in [2.45, 2.75) is 0 Å². The van der Waals surface area contributed by atoms with Gasteiger partial charge in [0.1, 0.15) is 0 Å². The van der Waals surface area contributed by atoms with E-state index in [4.69, 9.17) is 0 Å². The average Bonchev–Trinajstić information content (AvgIpc) is 3.77. The molecule has 0 aliphatic rings. The maximum atomic E-state index is 2.46. The Bertz CT molecular complexity index is 3980. The van der Waals surface area contributed by atoms with E-state index in [0.29, 0.717) is 0 Å². The lowest BCUT2D eigenvalue weighted by Gasteiger charge is -2.29. The molecule has 1 aromatic heterocycles. The number of thiophene rings is 1. The highest BCUT2D eigenvalue weighted by Crippen LogP contribution is 2.46. The lowest BCUT2D eigenvalue weighted by Crippen LogP contribution is -2.11. The SMILES string of the molecule is c1ccc(-c2ccc(-c3cc4ccccc4c4ccccc34)cc2N(c2ccc(-c3ccc4sc5ccccc5c4c3)cc2)c2ccc(-c3cc4ccccc4c4ccccc34)cc2)cc1. The van der Waals surface area contributed by atoms with E-state index in [1.807, 2.05) is 11.3 Å². The fourth-order valence-electron chi connectivity index (χ4n) is 10.3. The number of benzene rings is 12. The predicted molar refractivity (Wildman–Crippen MR) is 286 cm³/mol. The zero-order valence-electron chi connectivity index (χ0n) is 36.0. The number of rotatable bonds is 7. The molecule has 0 N–H and O–H groups in total. The van der Waals surface area contributed by atoms with Gasteiger partial charge in [0.05, 0.1) is 5.69 Å². The first-order valence-electron chi connectivity index (χ1n) is 22.7. The van der Waals surface area contributed by atoms with E-state index in [1.54, 1.807) is 0 Å². The molecule has 0 aliphatic carbocycles. The van der Waals surface area contributed by atoms with Crippen molar-refractivity contribution in [3.8, 4) is 44.5 Å². The first-order valence-corrected chi connectivity index (χ1v) is 23.5. The van der Waals surface area contributed by atoms with Crippen LogP contribution in [0.25, 0.3) is 108 Å². The number of anilines is 3.